The first-order valence-electron chi connectivity index (χ1n) is 8.44. The van der Waals surface area contributed by atoms with E-state index < -0.39 is 0 Å². The molecule has 1 N–H and O–H groups in total. The van der Waals surface area contributed by atoms with Gasteiger partial charge < -0.3 is 5.32 Å². The first-order chi connectivity index (χ1) is 12.5. The second kappa shape index (κ2) is 8.19. The Morgan fingerprint density at radius 1 is 1.15 bits per heavy atom. The molecule has 0 saturated heterocycles. The van der Waals surface area contributed by atoms with Gasteiger partial charge in [0.15, 0.2) is 5.82 Å². The molecule has 1 amide bonds. The zero-order chi connectivity index (χ0) is 18.5. The fraction of sp³-hybridized carbons (Fsp3) is 0.250. The van der Waals surface area contributed by atoms with E-state index in [0.717, 1.165) is 23.0 Å². The van der Waals surface area contributed by atoms with Gasteiger partial charge in [-0.25, -0.2) is 9.67 Å². The Morgan fingerprint density at radius 3 is 2.65 bits per heavy atom. The van der Waals surface area contributed by atoms with Crippen LogP contribution < -0.4 is 5.32 Å². The SMILES string of the molecule is Cc1cccc(CSCC(=O)Nc2ccc(-n3nc(C)cc3C)nc2)c1. The Labute approximate surface area is 157 Å². The van der Waals surface area contributed by atoms with Gasteiger partial charge in [-0.05, 0) is 44.5 Å². The number of benzene rings is 1. The summed E-state index contributed by atoms with van der Waals surface area (Å²) in [6.45, 7) is 6.01. The van der Waals surface area contributed by atoms with Gasteiger partial charge in [-0.3, -0.25) is 4.79 Å². The number of amides is 1. The maximum Gasteiger partial charge on any atom is 0.234 e. The van der Waals surface area contributed by atoms with Crippen molar-refractivity contribution in [2.24, 2.45) is 0 Å². The fourth-order valence-corrected chi connectivity index (χ4v) is 3.48. The highest BCUT2D eigenvalue weighted by atomic mass is 32.2. The van der Waals surface area contributed by atoms with Crippen molar-refractivity contribution in [3.05, 3.63) is 71.2 Å². The lowest BCUT2D eigenvalue weighted by Crippen LogP contribution is -2.14. The minimum atomic E-state index is -0.0247. The quantitative estimate of drug-likeness (QED) is 0.714. The Hall–Kier alpha value is -2.60. The second-order valence-electron chi connectivity index (χ2n) is 6.27. The molecule has 2 aromatic heterocycles. The van der Waals surface area contributed by atoms with Crippen LogP contribution in [-0.2, 0) is 10.5 Å². The molecule has 0 radical (unpaired) electrons. The summed E-state index contributed by atoms with van der Waals surface area (Å²) in [6, 6.07) is 14.1. The Bertz CT molecular complexity index is 902. The molecular weight excluding hydrogens is 344 g/mol. The fourth-order valence-electron chi connectivity index (χ4n) is 2.71. The van der Waals surface area contributed by atoms with Gasteiger partial charge in [0.05, 0.1) is 23.3 Å². The van der Waals surface area contributed by atoms with Gasteiger partial charge in [-0.1, -0.05) is 29.8 Å². The van der Waals surface area contributed by atoms with Crippen LogP contribution in [0.4, 0.5) is 5.69 Å². The molecule has 5 nitrogen and oxygen atoms in total. The molecule has 3 rings (SSSR count). The molecular formula is C20H22N4OS. The normalized spacial score (nSPS) is 10.7. The van der Waals surface area contributed by atoms with Crippen molar-refractivity contribution in [1.29, 1.82) is 0 Å². The lowest BCUT2D eigenvalue weighted by Gasteiger charge is -2.07. The number of carbonyl (C=O) groups excluding carboxylic acids is 1. The van der Waals surface area contributed by atoms with Crippen molar-refractivity contribution in [3.63, 3.8) is 0 Å². The highest BCUT2D eigenvalue weighted by Gasteiger charge is 2.07. The van der Waals surface area contributed by atoms with Crippen LogP contribution in [-0.4, -0.2) is 26.4 Å². The summed E-state index contributed by atoms with van der Waals surface area (Å²) in [5, 5.41) is 7.30. The molecule has 0 atom stereocenters. The van der Waals surface area contributed by atoms with Gasteiger partial charge in [0, 0.05) is 11.4 Å². The third-order valence-corrected chi connectivity index (χ3v) is 4.85. The van der Waals surface area contributed by atoms with Crippen LogP contribution >= 0.6 is 11.8 Å². The van der Waals surface area contributed by atoms with Gasteiger partial charge in [0.2, 0.25) is 5.91 Å². The first-order valence-corrected chi connectivity index (χ1v) is 9.59. The van der Waals surface area contributed by atoms with E-state index in [0.29, 0.717) is 11.4 Å². The van der Waals surface area contributed by atoms with Crippen LogP contribution in [0.15, 0.2) is 48.7 Å². The van der Waals surface area contributed by atoms with Crippen LogP contribution in [0.3, 0.4) is 0 Å². The number of pyridine rings is 1. The van der Waals surface area contributed by atoms with E-state index in [1.165, 1.54) is 11.1 Å². The molecule has 26 heavy (non-hydrogen) atoms. The molecule has 0 aliphatic rings. The van der Waals surface area contributed by atoms with Crippen molar-refractivity contribution < 1.29 is 4.79 Å². The zero-order valence-electron chi connectivity index (χ0n) is 15.2. The number of hydrogen-bond donors (Lipinski definition) is 1. The van der Waals surface area contributed by atoms with Crippen molar-refractivity contribution in [3.8, 4) is 5.82 Å². The lowest BCUT2D eigenvalue weighted by atomic mass is 10.2. The van der Waals surface area contributed by atoms with Crippen LogP contribution in [0, 0.1) is 20.8 Å². The van der Waals surface area contributed by atoms with Gasteiger partial charge in [0.25, 0.3) is 0 Å². The van der Waals surface area contributed by atoms with Crippen LogP contribution in [0.5, 0.6) is 0 Å². The summed E-state index contributed by atoms with van der Waals surface area (Å²) in [5.74, 6) is 1.95. The number of aromatic nitrogens is 3. The van der Waals surface area contributed by atoms with Crippen LogP contribution in [0.2, 0.25) is 0 Å². The standard InChI is InChI=1S/C20H22N4OS/c1-14-5-4-6-17(9-14)12-26-13-20(25)22-18-7-8-19(21-11-18)24-16(3)10-15(2)23-24/h4-11H,12-13H2,1-3H3,(H,22,25). The molecule has 0 unspecified atom stereocenters. The summed E-state index contributed by atoms with van der Waals surface area (Å²) in [7, 11) is 0. The van der Waals surface area contributed by atoms with Gasteiger partial charge in [0.1, 0.15) is 0 Å². The molecule has 0 saturated carbocycles. The van der Waals surface area contributed by atoms with Gasteiger partial charge in [-0.15, -0.1) is 11.8 Å². The minimum absolute atomic E-state index is 0.0247. The van der Waals surface area contributed by atoms with E-state index >= 15 is 0 Å². The lowest BCUT2D eigenvalue weighted by molar-refractivity contribution is -0.113. The smallest absolute Gasteiger partial charge is 0.234 e. The first kappa shape index (κ1) is 18.2. The number of thioether (sulfide) groups is 1. The summed E-state index contributed by atoms with van der Waals surface area (Å²) in [6.07, 6.45) is 1.66. The maximum absolute atomic E-state index is 12.1. The van der Waals surface area contributed by atoms with Crippen molar-refractivity contribution in [1.82, 2.24) is 14.8 Å². The van der Waals surface area contributed by atoms with E-state index in [-0.39, 0.29) is 5.91 Å². The highest BCUT2D eigenvalue weighted by Crippen LogP contribution is 2.15. The molecule has 0 aliphatic heterocycles. The number of carbonyl (C=O) groups is 1. The molecule has 2 heterocycles. The molecule has 6 heteroatoms. The number of aryl methyl sites for hydroxylation is 3. The molecule has 0 bridgehead atoms. The van der Waals surface area contributed by atoms with E-state index in [1.54, 1.807) is 22.6 Å². The average molecular weight is 366 g/mol. The number of nitrogens with one attached hydrogen (secondary N) is 1. The van der Waals surface area contributed by atoms with Crippen LogP contribution in [0.25, 0.3) is 5.82 Å². The molecule has 0 aliphatic carbocycles. The Morgan fingerprint density at radius 2 is 2.00 bits per heavy atom. The van der Waals surface area contributed by atoms with E-state index in [4.69, 9.17) is 0 Å². The number of rotatable bonds is 6. The zero-order valence-corrected chi connectivity index (χ0v) is 16.0. The van der Waals surface area contributed by atoms with Gasteiger partial charge in [-0.2, -0.15) is 5.10 Å². The third-order valence-electron chi connectivity index (χ3n) is 3.84. The largest absolute Gasteiger partial charge is 0.324 e. The second-order valence-corrected chi connectivity index (χ2v) is 7.26. The van der Waals surface area contributed by atoms with E-state index in [1.807, 2.05) is 38.1 Å². The third kappa shape index (κ3) is 4.73. The number of hydrogen-bond acceptors (Lipinski definition) is 4. The number of anilines is 1. The van der Waals surface area contributed by atoms with Crippen molar-refractivity contribution in [2.75, 3.05) is 11.1 Å². The van der Waals surface area contributed by atoms with Crippen LogP contribution in [0.1, 0.15) is 22.5 Å². The Kier molecular flexibility index (Phi) is 5.73. The van der Waals surface area contributed by atoms with Crippen molar-refractivity contribution >= 4 is 23.4 Å². The van der Waals surface area contributed by atoms with E-state index in [9.17, 15) is 4.79 Å². The minimum Gasteiger partial charge on any atom is -0.324 e. The van der Waals surface area contributed by atoms with Gasteiger partial charge >= 0.3 is 0 Å². The summed E-state index contributed by atoms with van der Waals surface area (Å²) in [5.41, 5.74) is 5.14. The summed E-state index contributed by atoms with van der Waals surface area (Å²) < 4.78 is 1.79. The summed E-state index contributed by atoms with van der Waals surface area (Å²) >= 11 is 1.60. The molecule has 1 aromatic carbocycles. The number of nitrogens with zero attached hydrogens (tertiary/aromatic N) is 3. The monoisotopic (exact) mass is 366 g/mol. The molecule has 0 spiro atoms. The molecule has 3 aromatic rings. The summed E-state index contributed by atoms with van der Waals surface area (Å²) in [4.78, 5) is 16.5. The van der Waals surface area contributed by atoms with E-state index in [2.05, 4.69) is 40.5 Å². The topological polar surface area (TPSA) is 59.8 Å². The average Bonchev–Trinajstić information content (AvgIpc) is 2.94. The maximum atomic E-state index is 12.1. The molecule has 134 valence electrons. The molecule has 0 fully saturated rings. The van der Waals surface area contributed by atoms with Crippen molar-refractivity contribution in [2.45, 2.75) is 26.5 Å². The highest BCUT2D eigenvalue weighted by molar-refractivity contribution is 7.99. The predicted molar refractivity (Wildman–Crippen MR) is 107 cm³/mol. The Balaban J connectivity index is 1.52. The predicted octanol–water partition coefficient (Wildman–Crippen LogP) is 4.06.